The Hall–Kier alpha value is -2.21. The fourth-order valence-corrected chi connectivity index (χ4v) is 4.19. The van der Waals surface area contributed by atoms with Gasteiger partial charge in [-0.05, 0) is 44.4 Å². The van der Waals surface area contributed by atoms with Gasteiger partial charge in [0.15, 0.2) is 5.82 Å². The molecule has 2 saturated heterocycles. The van der Waals surface area contributed by atoms with Gasteiger partial charge in [-0.15, -0.1) is 0 Å². The third kappa shape index (κ3) is 3.51. The predicted octanol–water partition coefficient (Wildman–Crippen LogP) is 3.04. The van der Waals surface area contributed by atoms with Crippen LogP contribution < -0.4 is 9.64 Å². The second-order valence-corrected chi connectivity index (χ2v) is 7.33. The van der Waals surface area contributed by atoms with Crippen molar-refractivity contribution in [3.63, 3.8) is 0 Å². The van der Waals surface area contributed by atoms with Crippen LogP contribution in [0, 0.1) is 12.7 Å². The van der Waals surface area contributed by atoms with Crippen molar-refractivity contribution >= 4 is 5.95 Å². The van der Waals surface area contributed by atoms with Gasteiger partial charge in [0.05, 0.1) is 12.4 Å². The summed E-state index contributed by atoms with van der Waals surface area (Å²) in [5.41, 5.74) is 1.22. The number of hydrogen-bond acceptors (Lipinski definition) is 5. The maximum atomic E-state index is 13.1. The van der Waals surface area contributed by atoms with E-state index in [9.17, 15) is 4.39 Å². The van der Waals surface area contributed by atoms with Crippen molar-refractivity contribution in [2.75, 3.05) is 24.5 Å². The largest absolute Gasteiger partial charge is 0.489 e. The maximum absolute atomic E-state index is 13.1. The van der Waals surface area contributed by atoms with Gasteiger partial charge in [0, 0.05) is 31.7 Å². The summed E-state index contributed by atoms with van der Waals surface area (Å²) >= 11 is 0. The van der Waals surface area contributed by atoms with Crippen molar-refractivity contribution in [2.24, 2.45) is 0 Å². The second kappa shape index (κ2) is 7.19. The van der Waals surface area contributed by atoms with Gasteiger partial charge >= 0.3 is 0 Å². The third-order valence-corrected chi connectivity index (χ3v) is 5.52. The Morgan fingerprint density at radius 3 is 2.73 bits per heavy atom. The Morgan fingerprint density at radius 1 is 1.15 bits per heavy atom. The average Bonchev–Trinajstić information content (AvgIpc) is 2.63. The van der Waals surface area contributed by atoms with E-state index < -0.39 is 5.82 Å². The number of halogens is 1. The van der Waals surface area contributed by atoms with Gasteiger partial charge in [0.2, 0.25) is 5.95 Å². The number of nitrogens with zero attached hydrogens (tertiary/aromatic N) is 4. The van der Waals surface area contributed by atoms with Crippen LogP contribution in [0.2, 0.25) is 0 Å². The number of piperazine rings is 1. The van der Waals surface area contributed by atoms with Gasteiger partial charge in [0.1, 0.15) is 11.9 Å². The molecule has 3 heterocycles. The molecule has 2 aliphatic rings. The molecular weight excluding hydrogens is 331 g/mol. The molecule has 2 fully saturated rings. The zero-order valence-electron chi connectivity index (χ0n) is 15.3. The SMILES string of the molecule is Cc1cccc(O[C@H]2CC[C@H]3C(C)N(c4ncc(F)cn4)CCN3C2)c1. The first kappa shape index (κ1) is 17.2. The first-order valence-corrected chi connectivity index (χ1v) is 9.32. The topological polar surface area (TPSA) is 41.5 Å². The summed E-state index contributed by atoms with van der Waals surface area (Å²) in [6.45, 7) is 7.04. The molecule has 0 saturated carbocycles. The van der Waals surface area contributed by atoms with Crippen molar-refractivity contribution < 1.29 is 9.13 Å². The van der Waals surface area contributed by atoms with Crippen LogP contribution in [0.5, 0.6) is 5.75 Å². The number of aryl methyl sites for hydroxylation is 1. The summed E-state index contributed by atoms with van der Waals surface area (Å²) in [7, 11) is 0. The molecule has 6 heteroatoms. The van der Waals surface area contributed by atoms with E-state index >= 15 is 0 Å². The van der Waals surface area contributed by atoms with E-state index in [2.05, 4.69) is 45.7 Å². The molecule has 138 valence electrons. The number of ether oxygens (including phenoxy) is 1. The quantitative estimate of drug-likeness (QED) is 0.846. The van der Waals surface area contributed by atoms with Crippen LogP contribution in [0.15, 0.2) is 36.7 Å². The lowest BCUT2D eigenvalue weighted by atomic mass is 9.92. The number of aromatic nitrogens is 2. The smallest absolute Gasteiger partial charge is 0.225 e. The fourth-order valence-electron chi connectivity index (χ4n) is 4.19. The summed E-state index contributed by atoms with van der Waals surface area (Å²) < 4.78 is 19.3. The first-order valence-electron chi connectivity index (χ1n) is 9.32. The van der Waals surface area contributed by atoms with E-state index in [0.29, 0.717) is 18.0 Å². The molecule has 0 amide bonds. The molecule has 0 aliphatic carbocycles. The zero-order valence-corrected chi connectivity index (χ0v) is 15.3. The molecule has 1 aromatic heterocycles. The van der Waals surface area contributed by atoms with Gasteiger partial charge in [-0.3, -0.25) is 4.90 Å². The lowest BCUT2D eigenvalue weighted by Crippen LogP contribution is -2.62. The third-order valence-electron chi connectivity index (χ3n) is 5.52. The molecule has 5 nitrogen and oxygen atoms in total. The molecule has 0 radical (unpaired) electrons. The Balaban J connectivity index is 1.40. The van der Waals surface area contributed by atoms with Crippen molar-refractivity contribution in [3.05, 3.63) is 48.0 Å². The summed E-state index contributed by atoms with van der Waals surface area (Å²) in [5.74, 6) is 1.19. The van der Waals surface area contributed by atoms with Crippen LogP contribution in [0.3, 0.4) is 0 Å². The number of fused-ring (bicyclic) bond motifs is 1. The van der Waals surface area contributed by atoms with E-state index in [0.717, 1.165) is 38.2 Å². The molecule has 3 atom stereocenters. The lowest BCUT2D eigenvalue weighted by molar-refractivity contribution is 0.0286. The highest BCUT2D eigenvalue weighted by atomic mass is 19.1. The minimum absolute atomic E-state index is 0.230. The molecule has 1 unspecified atom stereocenters. The van der Waals surface area contributed by atoms with Crippen LogP contribution in [0.1, 0.15) is 25.3 Å². The molecule has 26 heavy (non-hydrogen) atoms. The van der Waals surface area contributed by atoms with Gasteiger partial charge < -0.3 is 9.64 Å². The highest BCUT2D eigenvalue weighted by Crippen LogP contribution is 2.30. The maximum Gasteiger partial charge on any atom is 0.225 e. The molecule has 0 bridgehead atoms. The first-order chi connectivity index (χ1) is 12.6. The monoisotopic (exact) mass is 356 g/mol. The number of anilines is 1. The molecule has 4 rings (SSSR count). The lowest BCUT2D eigenvalue weighted by Gasteiger charge is -2.50. The van der Waals surface area contributed by atoms with Gasteiger partial charge in [-0.25, -0.2) is 14.4 Å². The van der Waals surface area contributed by atoms with Gasteiger partial charge in [-0.1, -0.05) is 12.1 Å². The summed E-state index contributed by atoms with van der Waals surface area (Å²) in [5, 5.41) is 0. The number of piperidine rings is 1. The Kier molecular flexibility index (Phi) is 4.76. The van der Waals surface area contributed by atoms with E-state index in [1.165, 1.54) is 18.0 Å². The number of benzene rings is 1. The Labute approximate surface area is 153 Å². The van der Waals surface area contributed by atoms with E-state index in [4.69, 9.17) is 4.74 Å². The van der Waals surface area contributed by atoms with Crippen LogP contribution in [-0.4, -0.2) is 52.7 Å². The van der Waals surface area contributed by atoms with E-state index in [1.807, 2.05) is 12.1 Å². The summed E-state index contributed by atoms with van der Waals surface area (Å²) in [6.07, 6.45) is 4.84. The van der Waals surface area contributed by atoms with E-state index in [-0.39, 0.29) is 6.10 Å². The highest BCUT2D eigenvalue weighted by Gasteiger charge is 2.39. The molecule has 0 spiro atoms. The molecule has 0 N–H and O–H groups in total. The second-order valence-electron chi connectivity index (χ2n) is 7.33. The van der Waals surface area contributed by atoms with Gasteiger partial charge in [-0.2, -0.15) is 0 Å². The van der Waals surface area contributed by atoms with Crippen molar-refractivity contribution in [3.8, 4) is 5.75 Å². The Morgan fingerprint density at radius 2 is 1.96 bits per heavy atom. The van der Waals surface area contributed by atoms with Crippen molar-refractivity contribution in [2.45, 2.75) is 44.9 Å². The van der Waals surface area contributed by atoms with Crippen molar-refractivity contribution in [1.29, 1.82) is 0 Å². The highest BCUT2D eigenvalue weighted by molar-refractivity contribution is 5.33. The summed E-state index contributed by atoms with van der Waals surface area (Å²) in [6, 6.07) is 9.01. The molecule has 2 aliphatic heterocycles. The zero-order chi connectivity index (χ0) is 18.1. The standard InChI is InChI=1S/C20H25FN4O/c1-14-4-3-5-17(10-14)26-18-6-7-19-15(2)25(9-8-24(19)13-18)20-22-11-16(21)12-23-20/h3-5,10-12,15,18-19H,6-9,13H2,1-2H3/t15?,18-,19-/m0/s1. The van der Waals surface area contributed by atoms with Crippen molar-refractivity contribution in [1.82, 2.24) is 14.9 Å². The summed E-state index contributed by atoms with van der Waals surface area (Å²) in [4.78, 5) is 13.1. The molecule has 2 aromatic rings. The van der Waals surface area contributed by atoms with Crippen LogP contribution in [0.4, 0.5) is 10.3 Å². The van der Waals surface area contributed by atoms with E-state index in [1.54, 1.807) is 0 Å². The van der Waals surface area contributed by atoms with Gasteiger partial charge in [0.25, 0.3) is 0 Å². The normalized spacial score (nSPS) is 26.4. The van der Waals surface area contributed by atoms with Crippen LogP contribution in [-0.2, 0) is 0 Å². The fraction of sp³-hybridized carbons (Fsp3) is 0.500. The molecular formula is C20H25FN4O. The molecule has 1 aromatic carbocycles. The minimum Gasteiger partial charge on any atom is -0.489 e. The van der Waals surface area contributed by atoms with Crippen LogP contribution in [0.25, 0.3) is 0 Å². The average molecular weight is 356 g/mol. The minimum atomic E-state index is -0.395. The number of rotatable bonds is 3. The predicted molar refractivity (Wildman–Crippen MR) is 99.0 cm³/mol. The van der Waals surface area contributed by atoms with Crippen LogP contribution >= 0.6 is 0 Å². The Bertz CT molecular complexity index is 754. The number of hydrogen-bond donors (Lipinski definition) is 0.